The van der Waals surface area contributed by atoms with Crippen LogP contribution in [0.1, 0.15) is 19.4 Å². The van der Waals surface area contributed by atoms with Crippen molar-refractivity contribution in [1.29, 1.82) is 0 Å². The van der Waals surface area contributed by atoms with E-state index in [9.17, 15) is 9.59 Å². The van der Waals surface area contributed by atoms with Gasteiger partial charge in [0, 0.05) is 18.4 Å². The maximum atomic E-state index is 11.2. The molecule has 0 aliphatic rings. The highest BCUT2D eigenvalue weighted by Gasteiger charge is 2.12. The number of pyridine rings is 1. The zero-order valence-corrected chi connectivity index (χ0v) is 9.68. The van der Waals surface area contributed by atoms with Crippen molar-refractivity contribution in [3.8, 4) is 0 Å². The van der Waals surface area contributed by atoms with Crippen molar-refractivity contribution in [3.63, 3.8) is 0 Å². The summed E-state index contributed by atoms with van der Waals surface area (Å²) in [6, 6.07) is 3.37. The molecule has 1 rings (SSSR count). The fraction of sp³-hybridized carbons (Fsp3) is 0.273. The van der Waals surface area contributed by atoms with E-state index in [2.05, 4.69) is 20.8 Å². The average Bonchev–Trinajstić information content (AvgIpc) is 2.29. The van der Waals surface area contributed by atoms with Crippen molar-refractivity contribution in [2.45, 2.75) is 19.9 Å². The molecular formula is C11H14N4O2. The van der Waals surface area contributed by atoms with Crippen LogP contribution in [0.15, 0.2) is 29.6 Å². The Hall–Kier alpha value is -2.24. The maximum Gasteiger partial charge on any atom is 0.329 e. The number of hydrogen-bond donors (Lipinski definition) is 2. The number of hydrazone groups is 1. The average molecular weight is 234 g/mol. The van der Waals surface area contributed by atoms with Crippen molar-refractivity contribution in [2.24, 2.45) is 5.10 Å². The normalized spacial score (nSPS) is 10.5. The maximum absolute atomic E-state index is 11.2. The Morgan fingerprint density at radius 2 is 1.94 bits per heavy atom. The van der Waals surface area contributed by atoms with Crippen LogP contribution in [0.5, 0.6) is 0 Å². The Balaban J connectivity index is 2.43. The molecule has 0 atom stereocenters. The van der Waals surface area contributed by atoms with Crippen molar-refractivity contribution >= 4 is 18.0 Å². The lowest BCUT2D eigenvalue weighted by atomic mass is 10.3. The minimum absolute atomic E-state index is 0.0857. The molecule has 0 aliphatic carbocycles. The van der Waals surface area contributed by atoms with E-state index >= 15 is 0 Å². The van der Waals surface area contributed by atoms with Crippen LogP contribution in [0, 0.1) is 0 Å². The smallest absolute Gasteiger partial charge is 0.329 e. The van der Waals surface area contributed by atoms with Crippen molar-refractivity contribution in [3.05, 3.63) is 30.1 Å². The van der Waals surface area contributed by atoms with Crippen LogP contribution in [0.2, 0.25) is 0 Å². The highest BCUT2D eigenvalue weighted by Crippen LogP contribution is 1.90. The molecule has 0 spiro atoms. The molecule has 6 heteroatoms. The largest absolute Gasteiger partial charge is 0.346 e. The second-order valence-corrected chi connectivity index (χ2v) is 3.61. The molecule has 1 heterocycles. The van der Waals surface area contributed by atoms with Crippen LogP contribution in [0.4, 0.5) is 0 Å². The molecule has 2 amide bonds. The Morgan fingerprint density at radius 3 is 2.53 bits per heavy atom. The predicted molar refractivity (Wildman–Crippen MR) is 63.3 cm³/mol. The van der Waals surface area contributed by atoms with E-state index in [1.165, 1.54) is 6.21 Å². The standard InChI is InChI=1S/C11H14N4O2/c1-8(2)14-10(16)11(17)15-13-7-9-3-5-12-6-4-9/h3-8H,1-2H3,(H,14,16)(H,15,17)/b13-7+. The van der Waals surface area contributed by atoms with Gasteiger partial charge in [0.1, 0.15) is 0 Å². The summed E-state index contributed by atoms with van der Waals surface area (Å²) >= 11 is 0. The predicted octanol–water partition coefficient (Wildman–Crippen LogP) is 0.0563. The minimum atomic E-state index is -0.788. The Morgan fingerprint density at radius 1 is 1.29 bits per heavy atom. The number of rotatable bonds is 3. The molecule has 6 nitrogen and oxygen atoms in total. The highest BCUT2D eigenvalue weighted by molar-refractivity contribution is 6.35. The van der Waals surface area contributed by atoms with Gasteiger partial charge in [-0.15, -0.1) is 0 Å². The molecule has 0 aromatic carbocycles. The fourth-order valence-electron chi connectivity index (χ4n) is 0.993. The second-order valence-electron chi connectivity index (χ2n) is 3.61. The lowest BCUT2D eigenvalue weighted by Gasteiger charge is -2.05. The van der Waals surface area contributed by atoms with E-state index in [0.717, 1.165) is 5.56 Å². The Bertz CT molecular complexity index is 415. The molecule has 17 heavy (non-hydrogen) atoms. The fourth-order valence-corrected chi connectivity index (χ4v) is 0.993. The van der Waals surface area contributed by atoms with Gasteiger partial charge in [-0.3, -0.25) is 14.6 Å². The van der Waals surface area contributed by atoms with E-state index in [1.807, 2.05) is 0 Å². The third-order valence-electron chi connectivity index (χ3n) is 1.71. The van der Waals surface area contributed by atoms with E-state index in [0.29, 0.717) is 0 Å². The van der Waals surface area contributed by atoms with Crippen LogP contribution in [-0.4, -0.2) is 29.1 Å². The summed E-state index contributed by atoms with van der Waals surface area (Å²) in [6.45, 7) is 3.54. The number of aromatic nitrogens is 1. The summed E-state index contributed by atoms with van der Waals surface area (Å²) < 4.78 is 0. The lowest BCUT2D eigenvalue weighted by Crippen LogP contribution is -2.41. The lowest BCUT2D eigenvalue weighted by molar-refractivity contribution is -0.139. The SMILES string of the molecule is CC(C)NC(=O)C(=O)N/N=C/c1ccncc1. The number of amides is 2. The minimum Gasteiger partial charge on any atom is -0.346 e. The van der Waals surface area contributed by atoms with E-state index in [4.69, 9.17) is 0 Å². The van der Waals surface area contributed by atoms with Crippen molar-refractivity contribution in [1.82, 2.24) is 15.7 Å². The molecule has 0 saturated heterocycles. The molecule has 0 aliphatic heterocycles. The number of nitrogens with one attached hydrogen (secondary N) is 2. The van der Waals surface area contributed by atoms with Gasteiger partial charge in [0.2, 0.25) is 0 Å². The first-order valence-electron chi connectivity index (χ1n) is 5.13. The molecular weight excluding hydrogens is 220 g/mol. The quantitative estimate of drug-likeness (QED) is 0.440. The van der Waals surface area contributed by atoms with Crippen LogP contribution < -0.4 is 10.7 Å². The molecule has 2 N–H and O–H groups in total. The van der Waals surface area contributed by atoms with Crippen LogP contribution in [-0.2, 0) is 9.59 Å². The van der Waals surface area contributed by atoms with Gasteiger partial charge in [-0.1, -0.05) is 0 Å². The summed E-state index contributed by atoms with van der Waals surface area (Å²) in [5, 5.41) is 6.11. The number of hydrogen-bond acceptors (Lipinski definition) is 4. The number of carbonyl (C=O) groups is 2. The van der Waals surface area contributed by atoms with E-state index < -0.39 is 11.8 Å². The zero-order chi connectivity index (χ0) is 12.7. The number of nitrogens with zero attached hydrogens (tertiary/aromatic N) is 2. The third kappa shape index (κ3) is 4.87. The van der Waals surface area contributed by atoms with Crippen LogP contribution >= 0.6 is 0 Å². The van der Waals surface area contributed by atoms with Crippen LogP contribution in [0.25, 0.3) is 0 Å². The second kappa shape index (κ2) is 6.37. The third-order valence-corrected chi connectivity index (χ3v) is 1.71. The monoisotopic (exact) mass is 234 g/mol. The molecule has 0 radical (unpaired) electrons. The number of carbonyl (C=O) groups excluding carboxylic acids is 2. The van der Waals surface area contributed by atoms with Crippen LogP contribution in [0.3, 0.4) is 0 Å². The molecule has 0 bridgehead atoms. The molecule has 0 fully saturated rings. The van der Waals surface area contributed by atoms with Crippen molar-refractivity contribution in [2.75, 3.05) is 0 Å². The highest BCUT2D eigenvalue weighted by atomic mass is 16.2. The molecule has 0 saturated carbocycles. The van der Waals surface area contributed by atoms with Gasteiger partial charge in [0.15, 0.2) is 0 Å². The first-order chi connectivity index (χ1) is 8.09. The Kier molecular flexibility index (Phi) is 4.80. The summed E-state index contributed by atoms with van der Waals surface area (Å²) in [5.74, 6) is -1.49. The first kappa shape index (κ1) is 12.8. The van der Waals surface area contributed by atoms with Gasteiger partial charge in [-0.05, 0) is 31.5 Å². The molecule has 1 aromatic heterocycles. The van der Waals surface area contributed by atoms with Gasteiger partial charge in [0.25, 0.3) is 0 Å². The van der Waals surface area contributed by atoms with Gasteiger partial charge in [0.05, 0.1) is 6.21 Å². The summed E-state index contributed by atoms with van der Waals surface area (Å²) in [5.41, 5.74) is 2.92. The van der Waals surface area contributed by atoms with Gasteiger partial charge >= 0.3 is 11.8 Å². The first-order valence-corrected chi connectivity index (χ1v) is 5.13. The zero-order valence-electron chi connectivity index (χ0n) is 9.68. The van der Waals surface area contributed by atoms with Crippen molar-refractivity contribution < 1.29 is 9.59 Å². The van der Waals surface area contributed by atoms with E-state index in [-0.39, 0.29) is 6.04 Å². The van der Waals surface area contributed by atoms with Gasteiger partial charge < -0.3 is 5.32 Å². The molecule has 90 valence electrons. The van der Waals surface area contributed by atoms with E-state index in [1.54, 1.807) is 38.4 Å². The topological polar surface area (TPSA) is 83.5 Å². The summed E-state index contributed by atoms with van der Waals surface area (Å²) in [6.07, 6.45) is 4.64. The molecule has 1 aromatic rings. The molecule has 0 unspecified atom stereocenters. The summed E-state index contributed by atoms with van der Waals surface area (Å²) in [4.78, 5) is 26.2. The van der Waals surface area contributed by atoms with Gasteiger partial charge in [-0.25, -0.2) is 5.43 Å². The van der Waals surface area contributed by atoms with Gasteiger partial charge in [-0.2, -0.15) is 5.10 Å². The summed E-state index contributed by atoms with van der Waals surface area (Å²) in [7, 11) is 0. The Labute approximate surface area is 99.1 Å².